The molecule has 162 valence electrons. The number of rotatable bonds is 6. The third kappa shape index (κ3) is 4.18. The van der Waals surface area contributed by atoms with E-state index in [1.165, 1.54) is 14.2 Å². The molecule has 31 heavy (non-hydrogen) atoms. The van der Waals surface area contributed by atoms with Crippen LogP contribution in [0.2, 0.25) is 10.0 Å². The van der Waals surface area contributed by atoms with Crippen molar-refractivity contribution in [2.45, 2.75) is 18.5 Å². The van der Waals surface area contributed by atoms with Crippen LogP contribution >= 0.6 is 23.2 Å². The van der Waals surface area contributed by atoms with Gasteiger partial charge in [0.25, 0.3) is 0 Å². The first kappa shape index (κ1) is 21.4. The number of anilines is 1. The van der Waals surface area contributed by atoms with Crippen LogP contribution in [0.4, 0.5) is 5.82 Å². The van der Waals surface area contributed by atoms with Gasteiger partial charge in [0, 0.05) is 23.0 Å². The van der Waals surface area contributed by atoms with Gasteiger partial charge in [0.05, 0.1) is 54.7 Å². The van der Waals surface area contributed by atoms with Gasteiger partial charge in [-0.15, -0.1) is 0 Å². The Bertz CT molecular complexity index is 1130. The second-order valence-electron chi connectivity index (χ2n) is 6.89. The molecule has 1 saturated heterocycles. The molecule has 3 heterocycles. The Morgan fingerprint density at radius 3 is 2.61 bits per heavy atom. The number of ether oxygens (including phenoxy) is 3. The number of nitrogens with zero attached hydrogens (tertiary/aromatic N) is 4. The van der Waals surface area contributed by atoms with E-state index in [1.54, 1.807) is 12.3 Å². The second kappa shape index (κ2) is 9.11. The lowest BCUT2D eigenvalue weighted by Gasteiger charge is -2.29. The fraction of sp³-hybridized carbons (Fsp3) is 0.350. The minimum absolute atomic E-state index is 0.174. The summed E-state index contributed by atoms with van der Waals surface area (Å²) in [5.74, 6) is 1.89. The van der Waals surface area contributed by atoms with Gasteiger partial charge in [0.15, 0.2) is 5.58 Å². The first-order valence-electron chi connectivity index (χ1n) is 9.44. The molecule has 0 spiro atoms. The summed E-state index contributed by atoms with van der Waals surface area (Å²) in [6.45, 7) is 0.986. The zero-order valence-electron chi connectivity index (χ0n) is 16.8. The van der Waals surface area contributed by atoms with Crippen LogP contribution in [0.5, 0.6) is 11.5 Å². The highest BCUT2D eigenvalue weighted by molar-refractivity contribution is 6.41. The molecule has 2 atom stereocenters. The Kier molecular flexibility index (Phi) is 6.29. The Labute approximate surface area is 187 Å². The smallest absolute Gasteiger partial charge is 0.153 e. The van der Waals surface area contributed by atoms with Crippen LogP contribution in [-0.4, -0.2) is 44.5 Å². The van der Waals surface area contributed by atoms with Gasteiger partial charge in [-0.3, -0.25) is 0 Å². The molecular formula is C20H19Cl2N5O4. The molecule has 3 aromatic rings. The van der Waals surface area contributed by atoms with Crippen LogP contribution in [0, 0.1) is 0 Å². The lowest BCUT2D eigenvalue weighted by Crippen LogP contribution is -2.41. The molecule has 1 aliphatic rings. The lowest BCUT2D eigenvalue weighted by molar-refractivity contribution is 0.0768. The number of hydrogen-bond donors (Lipinski definition) is 1. The molecule has 1 aromatic carbocycles. The molecule has 1 fully saturated rings. The highest BCUT2D eigenvalue weighted by Crippen LogP contribution is 2.47. The minimum Gasteiger partial charge on any atom is -0.495 e. The van der Waals surface area contributed by atoms with E-state index in [1.807, 2.05) is 12.1 Å². The van der Waals surface area contributed by atoms with Gasteiger partial charge >= 0.3 is 0 Å². The van der Waals surface area contributed by atoms with Crippen molar-refractivity contribution in [2.24, 2.45) is 5.11 Å². The van der Waals surface area contributed by atoms with E-state index in [4.69, 9.17) is 47.4 Å². The zero-order valence-corrected chi connectivity index (χ0v) is 18.3. The summed E-state index contributed by atoms with van der Waals surface area (Å²) in [6, 6.07) is 4.89. The van der Waals surface area contributed by atoms with Gasteiger partial charge < -0.3 is 23.9 Å². The summed E-state index contributed by atoms with van der Waals surface area (Å²) in [7, 11) is 3.02. The Balaban J connectivity index is 1.70. The number of halogens is 2. The molecule has 1 aliphatic heterocycles. The average Bonchev–Trinajstić information content (AvgIpc) is 3.18. The number of nitrogens with one attached hydrogen (secondary N) is 1. The number of pyridine rings is 1. The van der Waals surface area contributed by atoms with Gasteiger partial charge in [-0.05, 0) is 24.1 Å². The quantitative estimate of drug-likeness (QED) is 0.284. The van der Waals surface area contributed by atoms with Gasteiger partial charge in [-0.2, -0.15) is 0 Å². The maximum Gasteiger partial charge on any atom is 0.153 e. The number of fused-ring (bicyclic) bond motifs is 1. The lowest BCUT2D eigenvalue weighted by atomic mass is 10.0. The number of azide groups is 1. The fourth-order valence-corrected chi connectivity index (χ4v) is 4.20. The molecule has 4 rings (SSSR count). The van der Waals surface area contributed by atoms with Gasteiger partial charge in [0.1, 0.15) is 23.1 Å². The van der Waals surface area contributed by atoms with Crippen molar-refractivity contribution < 1.29 is 18.6 Å². The molecule has 0 aliphatic carbocycles. The molecule has 9 nitrogen and oxygen atoms in total. The Morgan fingerprint density at radius 2 is 1.94 bits per heavy atom. The topological polar surface area (TPSA) is 115 Å². The number of benzene rings is 1. The molecule has 2 aromatic heterocycles. The fourth-order valence-electron chi connectivity index (χ4n) is 3.51. The molecule has 0 amide bonds. The normalized spacial score (nSPS) is 18.5. The predicted octanol–water partition coefficient (Wildman–Crippen LogP) is 5.70. The van der Waals surface area contributed by atoms with Crippen LogP contribution in [0.1, 0.15) is 6.42 Å². The summed E-state index contributed by atoms with van der Waals surface area (Å²) < 4.78 is 22.1. The first-order chi connectivity index (χ1) is 15.0. The molecule has 1 N–H and O–H groups in total. The van der Waals surface area contributed by atoms with E-state index in [0.29, 0.717) is 63.9 Å². The second-order valence-corrected chi connectivity index (χ2v) is 7.64. The maximum atomic E-state index is 8.80. The third-order valence-electron chi connectivity index (χ3n) is 5.08. The van der Waals surface area contributed by atoms with Crippen molar-refractivity contribution in [1.29, 1.82) is 0 Å². The Hall–Kier alpha value is -2.84. The highest BCUT2D eigenvalue weighted by atomic mass is 35.5. The molecule has 0 bridgehead atoms. The molecule has 0 saturated carbocycles. The predicted molar refractivity (Wildman–Crippen MR) is 118 cm³/mol. The van der Waals surface area contributed by atoms with Crippen LogP contribution in [0.3, 0.4) is 0 Å². The number of furan rings is 1. The van der Waals surface area contributed by atoms with Crippen molar-refractivity contribution in [3.8, 4) is 22.8 Å². The number of methoxy groups -OCH3 is 2. The van der Waals surface area contributed by atoms with Gasteiger partial charge in [-0.1, -0.05) is 28.3 Å². The largest absolute Gasteiger partial charge is 0.495 e. The van der Waals surface area contributed by atoms with E-state index in [9.17, 15) is 0 Å². The summed E-state index contributed by atoms with van der Waals surface area (Å²) in [5, 5.41) is 8.56. The maximum absolute atomic E-state index is 8.80. The number of hydrogen-bond acceptors (Lipinski definition) is 7. The van der Waals surface area contributed by atoms with Crippen molar-refractivity contribution in [2.75, 3.05) is 32.8 Å². The van der Waals surface area contributed by atoms with Crippen LogP contribution < -0.4 is 14.8 Å². The molecule has 11 heteroatoms. The molecular weight excluding hydrogens is 445 g/mol. The standard InChI is InChI=1S/C20H19Cl2N5O4/c1-28-14-7-15(29-2)20(22)18(19(14)21)13-5-10-6-17(24-8-16(10)31-13)25-12-9-30-4-3-11(12)26-27-23/h5-8,11-12H,3-4,9H2,1-2H3,(H,24,25)/t11?,12-/m1/s1. The SMILES string of the molecule is COc1cc(OC)c(Cl)c(-c2cc3cc(N[C@@H]4COCCC4N=[N+]=[N-])ncc3o2)c1Cl. The van der Waals surface area contributed by atoms with E-state index >= 15 is 0 Å². The zero-order chi connectivity index (χ0) is 22.0. The summed E-state index contributed by atoms with van der Waals surface area (Å²) >= 11 is 13.0. The summed E-state index contributed by atoms with van der Waals surface area (Å²) in [5.41, 5.74) is 9.82. The number of aromatic nitrogens is 1. The van der Waals surface area contributed by atoms with E-state index in [0.717, 1.165) is 5.39 Å². The minimum atomic E-state index is -0.210. The average molecular weight is 464 g/mol. The van der Waals surface area contributed by atoms with Crippen LogP contribution in [0.25, 0.3) is 32.7 Å². The Morgan fingerprint density at radius 1 is 1.19 bits per heavy atom. The van der Waals surface area contributed by atoms with E-state index < -0.39 is 0 Å². The van der Waals surface area contributed by atoms with E-state index in [2.05, 4.69) is 20.3 Å². The van der Waals surface area contributed by atoms with E-state index in [-0.39, 0.29) is 12.1 Å². The highest BCUT2D eigenvalue weighted by Gasteiger charge is 2.26. The monoisotopic (exact) mass is 463 g/mol. The van der Waals surface area contributed by atoms with Crippen molar-refractivity contribution in [3.63, 3.8) is 0 Å². The molecule has 0 radical (unpaired) electrons. The third-order valence-corrected chi connectivity index (χ3v) is 5.83. The first-order valence-corrected chi connectivity index (χ1v) is 10.2. The molecule has 1 unspecified atom stereocenters. The van der Waals surface area contributed by atoms with Crippen molar-refractivity contribution in [3.05, 3.63) is 44.9 Å². The van der Waals surface area contributed by atoms with Crippen molar-refractivity contribution in [1.82, 2.24) is 4.98 Å². The van der Waals surface area contributed by atoms with Gasteiger partial charge in [0.2, 0.25) is 0 Å². The van der Waals surface area contributed by atoms with Gasteiger partial charge in [-0.25, -0.2) is 4.98 Å². The summed E-state index contributed by atoms with van der Waals surface area (Å²) in [6.07, 6.45) is 2.25. The summed E-state index contributed by atoms with van der Waals surface area (Å²) in [4.78, 5) is 7.34. The van der Waals surface area contributed by atoms with Crippen LogP contribution in [-0.2, 0) is 4.74 Å². The van der Waals surface area contributed by atoms with Crippen LogP contribution in [0.15, 0.2) is 33.9 Å². The van der Waals surface area contributed by atoms with Crippen molar-refractivity contribution >= 4 is 40.0 Å².